The van der Waals surface area contributed by atoms with E-state index in [0.29, 0.717) is 0 Å². The Morgan fingerprint density at radius 2 is 2.06 bits per heavy atom. The Bertz CT molecular complexity index is 421. The third-order valence-corrected chi connectivity index (χ3v) is 3.67. The van der Waals surface area contributed by atoms with Crippen LogP contribution < -0.4 is 4.74 Å². The van der Waals surface area contributed by atoms with Gasteiger partial charge >= 0.3 is 0 Å². The highest BCUT2D eigenvalue weighted by Crippen LogP contribution is 2.40. The first-order valence-electron chi connectivity index (χ1n) is 6.85. The molecular weight excluding hydrogens is 224 g/mol. The summed E-state index contributed by atoms with van der Waals surface area (Å²) in [6.45, 7) is 8.50. The van der Waals surface area contributed by atoms with Crippen LogP contribution in [0.15, 0.2) is 18.2 Å². The Kier molecular flexibility index (Phi) is 3.67. The number of aliphatic hydroxyl groups is 1. The van der Waals surface area contributed by atoms with Gasteiger partial charge < -0.3 is 9.84 Å². The van der Waals surface area contributed by atoms with Crippen molar-refractivity contribution in [2.24, 2.45) is 5.41 Å². The zero-order valence-corrected chi connectivity index (χ0v) is 11.9. The second-order valence-electron chi connectivity index (χ2n) is 6.41. The van der Waals surface area contributed by atoms with Gasteiger partial charge in [-0.15, -0.1) is 0 Å². The maximum absolute atomic E-state index is 10.4. The van der Waals surface area contributed by atoms with Gasteiger partial charge in [0.25, 0.3) is 0 Å². The number of aryl methyl sites for hydroxylation is 1. The van der Waals surface area contributed by atoms with Crippen LogP contribution in [-0.2, 0) is 6.42 Å². The fourth-order valence-corrected chi connectivity index (χ4v) is 2.66. The molecule has 1 aromatic rings. The van der Waals surface area contributed by atoms with E-state index in [1.807, 2.05) is 26.0 Å². The van der Waals surface area contributed by atoms with E-state index in [1.54, 1.807) is 0 Å². The van der Waals surface area contributed by atoms with Gasteiger partial charge in [0.1, 0.15) is 5.75 Å². The highest BCUT2D eigenvalue weighted by molar-refractivity contribution is 5.38. The molecule has 0 amide bonds. The molecule has 0 aromatic heterocycles. The molecule has 0 radical (unpaired) electrons. The Morgan fingerprint density at radius 1 is 1.33 bits per heavy atom. The van der Waals surface area contributed by atoms with Gasteiger partial charge in [0.05, 0.1) is 12.2 Å². The molecule has 0 aliphatic heterocycles. The summed E-state index contributed by atoms with van der Waals surface area (Å²) in [5.74, 6) is 0.863. The molecule has 1 atom stereocenters. The van der Waals surface area contributed by atoms with Crippen molar-refractivity contribution < 1.29 is 9.84 Å². The Morgan fingerprint density at radius 3 is 2.72 bits per heavy atom. The lowest BCUT2D eigenvalue weighted by molar-refractivity contribution is 0.116. The number of hydrogen-bond donors (Lipinski definition) is 1. The van der Waals surface area contributed by atoms with Gasteiger partial charge in [-0.05, 0) is 61.8 Å². The highest BCUT2D eigenvalue weighted by atomic mass is 16.5. The molecule has 0 fully saturated rings. The number of fused-ring (bicyclic) bond motifs is 1. The second kappa shape index (κ2) is 4.93. The molecule has 0 spiro atoms. The van der Waals surface area contributed by atoms with Crippen LogP contribution in [0.25, 0.3) is 0 Å². The molecule has 0 saturated heterocycles. The fraction of sp³-hybridized carbons (Fsp3) is 0.625. The zero-order valence-electron chi connectivity index (χ0n) is 11.9. The zero-order chi connectivity index (χ0) is 13.3. The minimum absolute atomic E-state index is 0.169. The molecule has 1 unspecified atom stereocenters. The van der Waals surface area contributed by atoms with Crippen LogP contribution in [0.5, 0.6) is 5.75 Å². The SMILES string of the molecule is CC(C)Oc1ccc2c(c1)C(O)CC(C)(C)CC2. The average Bonchev–Trinajstić information content (AvgIpc) is 2.35. The summed E-state index contributed by atoms with van der Waals surface area (Å²) in [5.41, 5.74) is 2.53. The van der Waals surface area contributed by atoms with E-state index in [1.165, 1.54) is 5.56 Å². The van der Waals surface area contributed by atoms with Gasteiger partial charge in [0.2, 0.25) is 0 Å². The Labute approximate surface area is 110 Å². The molecule has 1 aliphatic rings. The molecule has 1 N–H and O–H groups in total. The summed E-state index contributed by atoms with van der Waals surface area (Å²) >= 11 is 0. The van der Waals surface area contributed by atoms with Crippen molar-refractivity contribution in [2.45, 2.75) is 59.2 Å². The maximum Gasteiger partial charge on any atom is 0.120 e. The highest BCUT2D eigenvalue weighted by Gasteiger charge is 2.28. The van der Waals surface area contributed by atoms with Crippen LogP contribution in [-0.4, -0.2) is 11.2 Å². The molecule has 0 saturated carbocycles. The van der Waals surface area contributed by atoms with E-state index in [2.05, 4.69) is 19.9 Å². The third kappa shape index (κ3) is 3.05. The number of aliphatic hydroxyl groups excluding tert-OH is 1. The molecule has 2 heteroatoms. The number of hydrogen-bond acceptors (Lipinski definition) is 2. The van der Waals surface area contributed by atoms with E-state index in [9.17, 15) is 5.11 Å². The van der Waals surface area contributed by atoms with Gasteiger partial charge in [-0.2, -0.15) is 0 Å². The van der Waals surface area contributed by atoms with Gasteiger partial charge in [-0.1, -0.05) is 19.9 Å². The van der Waals surface area contributed by atoms with E-state index >= 15 is 0 Å². The van der Waals surface area contributed by atoms with Gasteiger partial charge in [-0.3, -0.25) is 0 Å². The predicted octanol–water partition coefficient (Wildman–Crippen LogP) is 3.87. The molecule has 18 heavy (non-hydrogen) atoms. The largest absolute Gasteiger partial charge is 0.491 e. The lowest BCUT2D eigenvalue weighted by Crippen LogP contribution is -2.13. The lowest BCUT2D eigenvalue weighted by Gasteiger charge is -2.24. The minimum atomic E-state index is -0.367. The average molecular weight is 248 g/mol. The summed E-state index contributed by atoms with van der Waals surface area (Å²) in [6.07, 6.45) is 2.80. The number of rotatable bonds is 2. The summed E-state index contributed by atoms with van der Waals surface area (Å²) in [4.78, 5) is 0. The summed E-state index contributed by atoms with van der Waals surface area (Å²) in [6, 6.07) is 6.14. The van der Waals surface area contributed by atoms with Crippen molar-refractivity contribution >= 4 is 0 Å². The third-order valence-electron chi connectivity index (χ3n) is 3.67. The topological polar surface area (TPSA) is 29.5 Å². The quantitative estimate of drug-likeness (QED) is 0.805. The van der Waals surface area contributed by atoms with Gasteiger partial charge in [0, 0.05) is 0 Å². The van der Waals surface area contributed by atoms with Crippen molar-refractivity contribution in [2.75, 3.05) is 0 Å². The molecule has 2 rings (SSSR count). The normalized spacial score (nSPS) is 22.4. The molecule has 100 valence electrons. The van der Waals surface area contributed by atoms with Crippen molar-refractivity contribution in [3.63, 3.8) is 0 Å². The van der Waals surface area contributed by atoms with Gasteiger partial charge in [0.15, 0.2) is 0 Å². The van der Waals surface area contributed by atoms with Crippen LogP contribution in [0.4, 0.5) is 0 Å². The summed E-state index contributed by atoms with van der Waals surface area (Å²) in [7, 11) is 0. The number of benzene rings is 1. The van der Waals surface area contributed by atoms with Crippen molar-refractivity contribution in [3.8, 4) is 5.75 Å². The first-order chi connectivity index (χ1) is 8.37. The molecular formula is C16H24O2. The van der Waals surface area contributed by atoms with Gasteiger partial charge in [-0.25, -0.2) is 0 Å². The van der Waals surface area contributed by atoms with Crippen molar-refractivity contribution in [1.29, 1.82) is 0 Å². The lowest BCUT2D eigenvalue weighted by atomic mass is 9.84. The summed E-state index contributed by atoms with van der Waals surface area (Å²) < 4.78 is 5.71. The maximum atomic E-state index is 10.4. The fourth-order valence-electron chi connectivity index (χ4n) is 2.66. The first kappa shape index (κ1) is 13.4. The van der Waals surface area contributed by atoms with Crippen molar-refractivity contribution in [1.82, 2.24) is 0 Å². The van der Waals surface area contributed by atoms with E-state index < -0.39 is 0 Å². The Hall–Kier alpha value is -1.02. The van der Waals surface area contributed by atoms with E-state index in [0.717, 1.165) is 30.6 Å². The number of ether oxygens (including phenoxy) is 1. The molecule has 1 aliphatic carbocycles. The van der Waals surface area contributed by atoms with Crippen LogP contribution in [0.3, 0.4) is 0 Å². The van der Waals surface area contributed by atoms with Crippen LogP contribution in [0.1, 0.15) is 57.8 Å². The monoisotopic (exact) mass is 248 g/mol. The van der Waals surface area contributed by atoms with Crippen molar-refractivity contribution in [3.05, 3.63) is 29.3 Å². The van der Waals surface area contributed by atoms with Crippen LogP contribution >= 0.6 is 0 Å². The molecule has 0 heterocycles. The molecule has 0 bridgehead atoms. The Balaban J connectivity index is 2.29. The van der Waals surface area contributed by atoms with E-state index in [-0.39, 0.29) is 17.6 Å². The first-order valence-corrected chi connectivity index (χ1v) is 6.85. The van der Waals surface area contributed by atoms with Crippen LogP contribution in [0, 0.1) is 5.41 Å². The van der Waals surface area contributed by atoms with E-state index in [4.69, 9.17) is 4.74 Å². The van der Waals surface area contributed by atoms with Crippen LogP contribution in [0.2, 0.25) is 0 Å². The summed E-state index contributed by atoms with van der Waals surface area (Å²) in [5, 5.41) is 10.4. The minimum Gasteiger partial charge on any atom is -0.491 e. The standard InChI is InChI=1S/C16H24O2/c1-11(2)18-13-6-5-12-7-8-16(3,4)10-15(17)14(12)9-13/h5-6,9,11,15,17H,7-8,10H2,1-4H3. The predicted molar refractivity (Wildman–Crippen MR) is 73.9 cm³/mol. The smallest absolute Gasteiger partial charge is 0.120 e. The second-order valence-corrected chi connectivity index (χ2v) is 6.41. The molecule has 1 aromatic carbocycles. The molecule has 2 nitrogen and oxygen atoms in total.